The molecule has 0 bridgehead atoms. The summed E-state index contributed by atoms with van der Waals surface area (Å²) in [6.07, 6.45) is -0.976. The summed E-state index contributed by atoms with van der Waals surface area (Å²) in [6.45, 7) is 5.76. The van der Waals surface area contributed by atoms with Crippen LogP contribution in [0.2, 0.25) is 0 Å². The molecule has 1 atom stereocenters. The summed E-state index contributed by atoms with van der Waals surface area (Å²) >= 11 is 0. The zero-order valence-corrected chi connectivity index (χ0v) is 13.5. The fraction of sp³-hybridized carbons (Fsp3) is 0.500. The molecule has 1 saturated heterocycles. The average molecular weight is 338 g/mol. The highest BCUT2D eigenvalue weighted by atomic mass is 19.1. The summed E-state index contributed by atoms with van der Waals surface area (Å²) in [6, 6.07) is 3.25. The van der Waals surface area contributed by atoms with E-state index in [0.717, 1.165) is 38.3 Å². The van der Waals surface area contributed by atoms with Gasteiger partial charge >= 0.3 is 0 Å². The minimum atomic E-state index is -0.976. The Morgan fingerprint density at radius 2 is 1.92 bits per heavy atom. The maximum atomic E-state index is 13.7. The van der Waals surface area contributed by atoms with Crippen LogP contribution in [0.1, 0.15) is 23.4 Å². The summed E-state index contributed by atoms with van der Waals surface area (Å²) in [4.78, 5) is 8.43. The maximum absolute atomic E-state index is 13.7. The van der Waals surface area contributed by atoms with Gasteiger partial charge in [0.1, 0.15) is 11.6 Å². The number of hydrogen-bond acceptors (Lipinski definition) is 6. The number of rotatable bonds is 5. The molecule has 1 aromatic carbocycles. The van der Waals surface area contributed by atoms with E-state index in [0.29, 0.717) is 24.8 Å². The van der Waals surface area contributed by atoms with Crippen LogP contribution >= 0.6 is 0 Å². The van der Waals surface area contributed by atoms with Gasteiger partial charge in [0.25, 0.3) is 0 Å². The van der Waals surface area contributed by atoms with Crippen molar-refractivity contribution in [2.75, 3.05) is 32.7 Å². The van der Waals surface area contributed by atoms with Crippen molar-refractivity contribution in [2.24, 2.45) is 0 Å². The van der Waals surface area contributed by atoms with Gasteiger partial charge in [-0.15, -0.1) is 0 Å². The molecule has 8 heteroatoms. The summed E-state index contributed by atoms with van der Waals surface area (Å²) < 4.78 is 31.8. The van der Waals surface area contributed by atoms with Crippen LogP contribution in [-0.2, 0) is 6.54 Å². The van der Waals surface area contributed by atoms with E-state index >= 15 is 0 Å². The molecule has 24 heavy (non-hydrogen) atoms. The Morgan fingerprint density at radius 1 is 1.21 bits per heavy atom. The number of benzene rings is 1. The number of aromatic nitrogens is 2. The lowest BCUT2D eigenvalue weighted by Crippen LogP contribution is -2.47. The minimum Gasteiger partial charge on any atom is -0.387 e. The van der Waals surface area contributed by atoms with Crippen molar-refractivity contribution in [3.05, 3.63) is 47.1 Å². The molecule has 1 N–H and O–H groups in total. The first-order chi connectivity index (χ1) is 11.5. The van der Waals surface area contributed by atoms with E-state index in [1.54, 1.807) is 6.92 Å². The minimum absolute atomic E-state index is 0.125. The Labute approximate surface area is 138 Å². The Balaban J connectivity index is 1.49. The normalized spacial score (nSPS) is 18.0. The molecule has 1 aliphatic rings. The van der Waals surface area contributed by atoms with Crippen LogP contribution in [0.15, 0.2) is 22.7 Å². The monoisotopic (exact) mass is 338 g/mol. The van der Waals surface area contributed by atoms with Gasteiger partial charge in [-0.3, -0.25) is 9.80 Å². The van der Waals surface area contributed by atoms with E-state index in [9.17, 15) is 13.9 Å². The second-order valence-corrected chi connectivity index (χ2v) is 5.99. The number of halogens is 2. The predicted octanol–water partition coefficient (Wildman–Crippen LogP) is 1.51. The van der Waals surface area contributed by atoms with Gasteiger partial charge in [-0.1, -0.05) is 11.2 Å². The number of piperazine rings is 1. The van der Waals surface area contributed by atoms with Crippen molar-refractivity contribution in [1.82, 2.24) is 19.9 Å². The lowest BCUT2D eigenvalue weighted by atomic mass is 10.1. The predicted molar refractivity (Wildman–Crippen MR) is 82.1 cm³/mol. The van der Waals surface area contributed by atoms with Crippen LogP contribution in [0.3, 0.4) is 0 Å². The van der Waals surface area contributed by atoms with Crippen LogP contribution in [0.5, 0.6) is 0 Å². The molecule has 2 heterocycles. The number of hydrogen-bond donors (Lipinski definition) is 1. The van der Waals surface area contributed by atoms with E-state index in [4.69, 9.17) is 4.52 Å². The molecular weight excluding hydrogens is 318 g/mol. The highest BCUT2D eigenvalue weighted by Crippen LogP contribution is 2.20. The summed E-state index contributed by atoms with van der Waals surface area (Å²) in [5, 5.41) is 14.0. The zero-order valence-electron chi connectivity index (χ0n) is 13.5. The van der Waals surface area contributed by atoms with Crippen molar-refractivity contribution in [3.63, 3.8) is 0 Å². The highest BCUT2D eigenvalue weighted by Gasteiger charge is 2.22. The van der Waals surface area contributed by atoms with Crippen molar-refractivity contribution in [3.8, 4) is 0 Å². The number of aryl methyl sites for hydroxylation is 1. The van der Waals surface area contributed by atoms with Crippen LogP contribution in [-0.4, -0.2) is 57.8 Å². The van der Waals surface area contributed by atoms with Crippen LogP contribution in [0.4, 0.5) is 8.78 Å². The summed E-state index contributed by atoms with van der Waals surface area (Å²) in [7, 11) is 0. The van der Waals surface area contributed by atoms with Gasteiger partial charge in [0.15, 0.2) is 5.82 Å². The first-order valence-corrected chi connectivity index (χ1v) is 7.88. The molecule has 130 valence electrons. The van der Waals surface area contributed by atoms with Gasteiger partial charge in [0, 0.05) is 44.4 Å². The van der Waals surface area contributed by atoms with Gasteiger partial charge in [-0.05, 0) is 13.0 Å². The molecule has 0 saturated carbocycles. The maximum Gasteiger partial charge on any atom is 0.240 e. The van der Waals surface area contributed by atoms with Crippen molar-refractivity contribution in [1.29, 1.82) is 0 Å². The molecule has 0 aliphatic carbocycles. The van der Waals surface area contributed by atoms with Crippen LogP contribution in [0, 0.1) is 18.6 Å². The second-order valence-electron chi connectivity index (χ2n) is 5.99. The van der Waals surface area contributed by atoms with Crippen molar-refractivity contribution < 1.29 is 18.4 Å². The van der Waals surface area contributed by atoms with Gasteiger partial charge < -0.3 is 9.63 Å². The molecule has 6 nitrogen and oxygen atoms in total. The Morgan fingerprint density at radius 3 is 2.54 bits per heavy atom. The largest absolute Gasteiger partial charge is 0.387 e. The third kappa shape index (κ3) is 4.14. The summed E-state index contributed by atoms with van der Waals surface area (Å²) in [5.74, 6) is -0.149. The van der Waals surface area contributed by atoms with Gasteiger partial charge in [0.2, 0.25) is 5.89 Å². The van der Waals surface area contributed by atoms with E-state index in [1.807, 2.05) is 0 Å². The van der Waals surface area contributed by atoms with Gasteiger partial charge in [-0.2, -0.15) is 4.98 Å². The summed E-state index contributed by atoms with van der Waals surface area (Å²) in [5.41, 5.74) is 0.125. The molecule has 1 aliphatic heterocycles. The SMILES string of the molecule is Cc1noc(CN2CCN(CC(O)c3ccc(F)cc3F)CC2)n1. The van der Waals surface area contributed by atoms with Gasteiger partial charge in [0.05, 0.1) is 12.6 Å². The van der Waals surface area contributed by atoms with E-state index < -0.39 is 17.7 Å². The van der Waals surface area contributed by atoms with Crippen LogP contribution < -0.4 is 0 Å². The first-order valence-electron chi connectivity index (χ1n) is 7.88. The second kappa shape index (κ2) is 7.33. The first kappa shape index (κ1) is 16.9. The molecular formula is C16H20F2N4O2. The molecule has 2 aromatic rings. The number of aliphatic hydroxyl groups is 1. The molecule has 1 unspecified atom stereocenters. The molecule has 1 aromatic heterocycles. The Kier molecular flexibility index (Phi) is 5.17. The smallest absolute Gasteiger partial charge is 0.240 e. The van der Waals surface area contributed by atoms with E-state index in [1.165, 1.54) is 6.07 Å². The van der Waals surface area contributed by atoms with Crippen LogP contribution in [0.25, 0.3) is 0 Å². The fourth-order valence-corrected chi connectivity index (χ4v) is 2.84. The quantitative estimate of drug-likeness (QED) is 0.891. The molecule has 0 spiro atoms. The van der Waals surface area contributed by atoms with Gasteiger partial charge in [-0.25, -0.2) is 8.78 Å². The lowest BCUT2D eigenvalue weighted by molar-refractivity contribution is 0.0648. The fourth-order valence-electron chi connectivity index (χ4n) is 2.84. The average Bonchev–Trinajstić information content (AvgIpc) is 2.94. The molecule has 0 radical (unpaired) electrons. The number of aliphatic hydroxyl groups excluding tert-OH is 1. The van der Waals surface area contributed by atoms with E-state index in [-0.39, 0.29) is 5.56 Å². The van der Waals surface area contributed by atoms with Crippen molar-refractivity contribution >= 4 is 0 Å². The standard InChI is InChI=1S/C16H20F2N4O2/c1-11-19-16(24-20-11)10-22-6-4-21(5-7-22)9-15(23)13-3-2-12(17)8-14(13)18/h2-3,8,15,23H,4-7,9-10H2,1H3. The Bertz CT molecular complexity index is 686. The molecule has 1 fully saturated rings. The number of β-amino-alcohol motifs (C(OH)–C–C–N with tert-alkyl or cyclic N) is 1. The third-order valence-electron chi connectivity index (χ3n) is 4.15. The van der Waals surface area contributed by atoms with Crippen molar-refractivity contribution in [2.45, 2.75) is 19.6 Å². The highest BCUT2D eigenvalue weighted by molar-refractivity contribution is 5.21. The molecule has 0 amide bonds. The topological polar surface area (TPSA) is 65.6 Å². The Hall–Kier alpha value is -1.90. The van der Waals surface area contributed by atoms with E-state index in [2.05, 4.69) is 19.9 Å². The number of nitrogens with zero attached hydrogens (tertiary/aromatic N) is 4. The molecule has 3 rings (SSSR count). The zero-order chi connectivity index (χ0) is 17.1. The lowest BCUT2D eigenvalue weighted by Gasteiger charge is -2.35. The third-order valence-corrected chi connectivity index (χ3v) is 4.15.